The molecule has 3 rings (SSSR count). The van der Waals surface area contributed by atoms with Gasteiger partial charge < -0.3 is 10.1 Å². The minimum absolute atomic E-state index is 0.152. The maximum absolute atomic E-state index is 12.2. The fourth-order valence-electron chi connectivity index (χ4n) is 2.84. The number of fused-ring (bicyclic) bond motifs is 1. The predicted molar refractivity (Wildman–Crippen MR) is 101 cm³/mol. The lowest BCUT2D eigenvalue weighted by molar-refractivity contribution is -0.121. The van der Waals surface area contributed by atoms with Gasteiger partial charge in [0.15, 0.2) is 0 Å². The fourth-order valence-corrected chi connectivity index (χ4v) is 3.02. The average molecular weight is 387 g/mol. The standard InChI is InChI=1S/C20H19ClN2O4/c21-14-5-3-6-15(13-14)27-12-10-22-18(24)9-4-11-23-19(25)16-7-1-2-8-17(16)20(23)26/h1-3,5-8,13H,4,9-12H2,(H,22,24). The van der Waals surface area contributed by atoms with Crippen LogP contribution in [0.1, 0.15) is 33.6 Å². The summed E-state index contributed by atoms with van der Waals surface area (Å²) >= 11 is 5.87. The van der Waals surface area contributed by atoms with E-state index in [-0.39, 0.29) is 30.7 Å². The smallest absolute Gasteiger partial charge is 0.261 e. The van der Waals surface area contributed by atoms with Crippen molar-refractivity contribution in [1.82, 2.24) is 10.2 Å². The Labute approximate surface area is 162 Å². The minimum Gasteiger partial charge on any atom is -0.492 e. The number of rotatable bonds is 8. The maximum Gasteiger partial charge on any atom is 0.261 e. The van der Waals surface area contributed by atoms with Crippen LogP contribution in [0.3, 0.4) is 0 Å². The summed E-state index contributed by atoms with van der Waals surface area (Å²) in [7, 11) is 0. The van der Waals surface area contributed by atoms with Gasteiger partial charge in [0.05, 0.1) is 17.7 Å². The predicted octanol–water partition coefficient (Wildman–Crippen LogP) is 2.91. The minimum atomic E-state index is -0.300. The van der Waals surface area contributed by atoms with Crippen LogP contribution in [0.25, 0.3) is 0 Å². The Morgan fingerprint density at radius 3 is 2.41 bits per heavy atom. The number of ether oxygens (including phenoxy) is 1. The molecule has 27 heavy (non-hydrogen) atoms. The first-order valence-corrected chi connectivity index (χ1v) is 9.04. The molecule has 0 aliphatic carbocycles. The second-order valence-corrected chi connectivity index (χ2v) is 6.50. The Bertz CT molecular complexity index is 834. The summed E-state index contributed by atoms with van der Waals surface area (Å²) in [6.07, 6.45) is 0.636. The molecule has 3 amide bonds. The maximum atomic E-state index is 12.2. The van der Waals surface area contributed by atoms with Crippen LogP contribution in [-0.4, -0.2) is 42.3 Å². The summed E-state index contributed by atoms with van der Waals surface area (Å²) in [5, 5.41) is 3.33. The number of benzene rings is 2. The second-order valence-electron chi connectivity index (χ2n) is 6.07. The molecule has 0 unspecified atom stereocenters. The molecule has 7 heteroatoms. The van der Waals surface area contributed by atoms with Crippen LogP contribution in [0.2, 0.25) is 5.02 Å². The summed E-state index contributed by atoms with van der Waals surface area (Å²) in [5.41, 5.74) is 0.843. The lowest BCUT2D eigenvalue weighted by atomic mass is 10.1. The average Bonchev–Trinajstić information content (AvgIpc) is 2.90. The largest absolute Gasteiger partial charge is 0.492 e. The van der Waals surface area contributed by atoms with Gasteiger partial charge in [0.2, 0.25) is 5.91 Å². The van der Waals surface area contributed by atoms with E-state index in [1.165, 1.54) is 4.90 Å². The van der Waals surface area contributed by atoms with E-state index in [1.807, 2.05) is 0 Å². The van der Waals surface area contributed by atoms with Crippen molar-refractivity contribution in [2.24, 2.45) is 0 Å². The van der Waals surface area contributed by atoms with Gasteiger partial charge in [0.1, 0.15) is 12.4 Å². The third-order valence-electron chi connectivity index (χ3n) is 4.15. The van der Waals surface area contributed by atoms with Gasteiger partial charge in [-0.2, -0.15) is 0 Å². The molecule has 0 atom stereocenters. The van der Waals surface area contributed by atoms with Crippen LogP contribution in [0, 0.1) is 0 Å². The van der Waals surface area contributed by atoms with Crippen molar-refractivity contribution >= 4 is 29.3 Å². The number of hydrogen-bond acceptors (Lipinski definition) is 4. The molecule has 140 valence electrons. The molecule has 1 aliphatic rings. The van der Waals surface area contributed by atoms with E-state index in [0.717, 1.165) is 0 Å². The van der Waals surface area contributed by atoms with Crippen LogP contribution in [0.4, 0.5) is 0 Å². The van der Waals surface area contributed by atoms with Crippen LogP contribution < -0.4 is 10.1 Å². The third kappa shape index (κ3) is 4.65. The zero-order valence-corrected chi connectivity index (χ0v) is 15.4. The summed E-state index contributed by atoms with van der Waals surface area (Å²) < 4.78 is 5.49. The fraction of sp³-hybridized carbons (Fsp3) is 0.250. The zero-order chi connectivity index (χ0) is 19.2. The summed E-state index contributed by atoms with van der Waals surface area (Å²) in [6.45, 7) is 0.904. The van der Waals surface area contributed by atoms with Crippen LogP contribution in [-0.2, 0) is 4.79 Å². The van der Waals surface area contributed by atoms with Crippen LogP contribution in [0.5, 0.6) is 5.75 Å². The topological polar surface area (TPSA) is 75.7 Å². The Kier molecular flexibility index (Phi) is 6.08. The highest BCUT2D eigenvalue weighted by molar-refractivity contribution is 6.30. The normalized spacial score (nSPS) is 12.9. The first-order valence-electron chi connectivity index (χ1n) is 8.66. The van der Waals surface area contributed by atoms with Gasteiger partial charge in [-0.15, -0.1) is 0 Å². The van der Waals surface area contributed by atoms with Crippen molar-refractivity contribution in [3.8, 4) is 5.75 Å². The van der Waals surface area contributed by atoms with Crippen molar-refractivity contribution in [3.05, 3.63) is 64.7 Å². The highest BCUT2D eigenvalue weighted by Gasteiger charge is 2.34. The van der Waals surface area contributed by atoms with Crippen molar-refractivity contribution in [1.29, 1.82) is 0 Å². The molecule has 0 bridgehead atoms. The number of imide groups is 1. The van der Waals surface area contributed by atoms with Crippen molar-refractivity contribution < 1.29 is 19.1 Å². The van der Waals surface area contributed by atoms with Gasteiger partial charge in [-0.25, -0.2) is 0 Å². The van der Waals surface area contributed by atoms with E-state index in [4.69, 9.17) is 16.3 Å². The highest BCUT2D eigenvalue weighted by Crippen LogP contribution is 2.22. The molecular weight excluding hydrogens is 368 g/mol. The Morgan fingerprint density at radius 2 is 1.74 bits per heavy atom. The van der Waals surface area contributed by atoms with Gasteiger partial charge in [-0.05, 0) is 36.8 Å². The highest BCUT2D eigenvalue weighted by atomic mass is 35.5. The first-order chi connectivity index (χ1) is 13.1. The summed E-state index contributed by atoms with van der Waals surface area (Å²) in [4.78, 5) is 37.5. The molecule has 1 N–H and O–H groups in total. The van der Waals surface area contributed by atoms with Gasteiger partial charge >= 0.3 is 0 Å². The molecule has 0 aromatic heterocycles. The van der Waals surface area contributed by atoms with E-state index < -0.39 is 0 Å². The Morgan fingerprint density at radius 1 is 1.04 bits per heavy atom. The monoisotopic (exact) mass is 386 g/mol. The van der Waals surface area contributed by atoms with Gasteiger partial charge in [0.25, 0.3) is 11.8 Å². The molecule has 1 heterocycles. The SMILES string of the molecule is O=C(CCCN1C(=O)c2ccccc2C1=O)NCCOc1cccc(Cl)c1. The van der Waals surface area contributed by atoms with Crippen molar-refractivity contribution in [2.75, 3.05) is 19.7 Å². The molecule has 0 saturated carbocycles. The van der Waals surface area contributed by atoms with Gasteiger partial charge in [-0.1, -0.05) is 29.8 Å². The number of carbonyl (C=O) groups is 3. The lowest BCUT2D eigenvalue weighted by Gasteiger charge is -2.13. The van der Waals surface area contributed by atoms with Gasteiger partial charge in [0, 0.05) is 18.0 Å². The van der Waals surface area contributed by atoms with Crippen molar-refractivity contribution in [2.45, 2.75) is 12.8 Å². The molecule has 0 spiro atoms. The molecule has 1 aliphatic heterocycles. The third-order valence-corrected chi connectivity index (χ3v) is 4.39. The quantitative estimate of drug-likeness (QED) is 0.559. The number of halogens is 1. The number of nitrogens with zero attached hydrogens (tertiary/aromatic N) is 1. The van der Waals surface area contributed by atoms with E-state index in [2.05, 4.69) is 5.32 Å². The molecular formula is C20H19ClN2O4. The van der Waals surface area contributed by atoms with E-state index >= 15 is 0 Å². The molecule has 0 saturated heterocycles. The zero-order valence-electron chi connectivity index (χ0n) is 14.6. The van der Waals surface area contributed by atoms with E-state index in [9.17, 15) is 14.4 Å². The van der Waals surface area contributed by atoms with Crippen molar-refractivity contribution in [3.63, 3.8) is 0 Å². The molecule has 0 radical (unpaired) electrons. The first kappa shape index (κ1) is 18.9. The number of nitrogens with one attached hydrogen (secondary N) is 1. The van der Waals surface area contributed by atoms with E-state index in [1.54, 1.807) is 48.5 Å². The number of hydrogen-bond donors (Lipinski definition) is 1. The lowest BCUT2D eigenvalue weighted by Crippen LogP contribution is -2.32. The summed E-state index contributed by atoms with van der Waals surface area (Å²) in [6, 6.07) is 13.8. The van der Waals surface area contributed by atoms with Gasteiger partial charge in [-0.3, -0.25) is 19.3 Å². The summed E-state index contributed by atoms with van der Waals surface area (Å²) in [5.74, 6) is -0.111. The van der Waals surface area contributed by atoms with Crippen LogP contribution in [0.15, 0.2) is 48.5 Å². The molecule has 2 aromatic rings. The molecule has 2 aromatic carbocycles. The molecule has 6 nitrogen and oxygen atoms in total. The molecule has 0 fully saturated rings. The Hall–Kier alpha value is -2.86. The van der Waals surface area contributed by atoms with Crippen LogP contribution >= 0.6 is 11.6 Å². The second kappa shape index (κ2) is 8.68. The van der Waals surface area contributed by atoms with E-state index in [0.29, 0.717) is 41.5 Å². The number of carbonyl (C=O) groups excluding carboxylic acids is 3. The number of amides is 3. The Balaban J connectivity index is 1.35.